The van der Waals surface area contributed by atoms with Crippen molar-refractivity contribution in [3.05, 3.63) is 0 Å². The maximum Gasteiger partial charge on any atom is 0.317 e. The summed E-state index contributed by atoms with van der Waals surface area (Å²) in [4.78, 5) is 24.8. The predicted octanol–water partition coefficient (Wildman–Crippen LogP) is 1.16. The Morgan fingerprint density at radius 2 is 2.16 bits per heavy atom. The first-order chi connectivity index (χ1) is 8.91. The summed E-state index contributed by atoms with van der Waals surface area (Å²) in [6.45, 7) is 7.63. The number of carbonyl (C=O) groups excluding carboxylic acids is 1. The Hall–Kier alpha value is -1.30. The van der Waals surface area contributed by atoms with Crippen LogP contribution < -0.4 is 5.32 Å². The van der Waals surface area contributed by atoms with Gasteiger partial charge in [-0.3, -0.25) is 4.79 Å². The third-order valence-corrected chi connectivity index (χ3v) is 3.33. The van der Waals surface area contributed by atoms with Crippen molar-refractivity contribution in [2.24, 2.45) is 11.8 Å². The summed E-state index contributed by atoms with van der Waals surface area (Å²) >= 11 is 0. The second-order valence-electron chi connectivity index (χ2n) is 5.36. The Morgan fingerprint density at radius 1 is 1.47 bits per heavy atom. The van der Waals surface area contributed by atoms with Gasteiger partial charge in [0.2, 0.25) is 0 Å². The second-order valence-corrected chi connectivity index (χ2v) is 5.36. The molecular weight excluding hydrogens is 248 g/mol. The third kappa shape index (κ3) is 5.06. The maximum absolute atomic E-state index is 12.0. The van der Waals surface area contributed by atoms with Crippen LogP contribution in [-0.4, -0.2) is 54.4 Å². The largest absolute Gasteiger partial charge is 0.481 e. The van der Waals surface area contributed by atoms with Crippen molar-refractivity contribution in [2.75, 3.05) is 26.2 Å². The predicted molar refractivity (Wildman–Crippen MR) is 71.0 cm³/mol. The van der Waals surface area contributed by atoms with Gasteiger partial charge >= 0.3 is 12.0 Å². The van der Waals surface area contributed by atoms with Gasteiger partial charge in [0.15, 0.2) is 0 Å². The molecule has 6 heteroatoms. The van der Waals surface area contributed by atoms with Gasteiger partial charge in [-0.15, -0.1) is 0 Å². The summed E-state index contributed by atoms with van der Waals surface area (Å²) in [6, 6.07) is -0.204. The minimum Gasteiger partial charge on any atom is -0.481 e. The standard InChI is InChI=1S/C13H24N2O4/c1-9(2)11(12(16)17)7-14-13(18)15-5-4-6-19-10(3)8-15/h9-11H,4-8H2,1-3H3,(H,14,18)(H,16,17). The zero-order valence-electron chi connectivity index (χ0n) is 11.9. The van der Waals surface area contributed by atoms with Crippen LogP contribution >= 0.6 is 0 Å². The van der Waals surface area contributed by atoms with Crippen LogP contribution in [0.3, 0.4) is 0 Å². The van der Waals surface area contributed by atoms with Crippen LogP contribution in [0.2, 0.25) is 0 Å². The number of nitrogens with zero attached hydrogens (tertiary/aromatic N) is 1. The van der Waals surface area contributed by atoms with Crippen LogP contribution in [0.1, 0.15) is 27.2 Å². The molecule has 19 heavy (non-hydrogen) atoms. The summed E-state index contributed by atoms with van der Waals surface area (Å²) < 4.78 is 5.47. The van der Waals surface area contributed by atoms with Crippen LogP contribution in [-0.2, 0) is 9.53 Å². The summed E-state index contributed by atoms with van der Waals surface area (Å²) in [5.74, 6) is -1.43. The van der Waals surface area contributed by atoms with Crippen LogP contribution in [0.4, 0.5) is 4.79 Å². The lowest BCUT2D eigenvalue weighted by Crippen LogP contribution is -2.45. The highest BCUT2D eigenvalue weighted by molar-refractivity contribution is 5.76. The Kier molecular flexibility index (Phi) is 6.08. The number of hydrogen-bond acceptors (Lipinski definition) is 3. The summed E-state index contributed by atoms with van der Waals surface area (Å²) in [6.07, 6.45) is 0.832. The number of urea groups is 1. The minimum atomic E-state index is -0.872. The fourth-order valence-electron chi connectivity index (χ4n) is 2.10. The van der Waals surface area contributed by atoms with E-state index in [2.05, 4.69) is 5.32 Å². The van der Waals surface area contributed by atoms with Crippen LogP contribution in [0.25, 0.3) is 0 Å². The first kappa shape index (κ1) is 15.8. The third-order valence-electron chi connectivity index (χ3n) is 3.33. The van der Waals surface area contributed by atoms with Gasteiger partial charge in [0.25, 0.3) is 0 Å². The van der Waals surface area contributed by atoms with Crippen molar-refractivity contribution < 1.29 is 19.4 Å². The van der Waals surface area contributed by atoms with Crippen LogP contribution in [0.5, 0.6) is 0 Å². The van der Waals surface area contributed by atoms with Gasteiger partial charge in [-0.05, 0) is 19.3 Å². The molecule has 0 bridgehead atoms. The average Bonchev–Trinajstić information content (AvgIpc) is 2.53. The monoisotopic (exact) mass is 272 g/mol. The molecule has 0 spiro atoms. The van der Waals surface area contributed by atoms with E-state index in [1.807, 2.05) is 20.8 Å². The number of ether oxygens (including phenoxy) is 1. The SMILES string of the molecule is CC1CN(C(=O)NCC(C(=O)O)C(C)C)CCCO1. The molecule has 2 amide bonds. The van der Waals surface area contributed by atoms with E-state index in [1.54, 1.807) is 4.90 Å². The van der Waals surface area contributed by atoms with Crippen molar-refractivity contribution in [3.63, 3.8) is 0 Å². The summed E-state index contributed by atoms with van der Waals surface area (Å²) in [5.41, 5.74) is 0. The van der Waals surface area contributed by atoms with Crippen molar-refractivity contribution >= 4 is 12.0 Å². The fourth-order valence-corrected chi connectivity index (χ4v) is 2.10. The van der Waals surface area contributed by atoms with E-state index in [9.17, 15) is 9.59 Å². The number of hydrogen-bond donors (Lipinski definition) is 2. The molecule has 0 aliphatic carbocycles. The second kappa shape index (κ2) is 7.33. The number of amides is 2. The number of nitrogens with one attached hydrogen (secondary N) is 1. The van der Waals surface area contributed by atoms with E-state index in [0.717, 1.165) is 6.42 Å². The molecule has 2 N–H and O–H groups in total. The molecule has 0 aromatic rings. The molecule has 110 valence electrons. The molecule has 1 fully saturated rings. The van der Waals surface area contributed by atoms with Gasteiger partial charge in [0, 0.05) is 26.2 Å². The van der Waals surface area contributed by atoms with E-state index in [-0.39, 0.29) is 24.6 Å². The molecular formula is C13H24N2O4. The van der Waals surface area contributed by atoms with Crippen molar-refractivity contribution in [1.29, 1.82) is 0 Å². The van der Waals surface area contributed by atoms with Crippen LogP contribution in [0.15, 0.2) is 0 Å². The number of carboxylic acids is 1. The first-order valence-corrected chi connectivity index (χ1v) is 6.79. The lowest BCUT2D eigenvalue weighted by molar-refractivity contribution is -0.142. The number of carboxylic acid groups (broad SMARTS) is 1. The highest BCUT2D eigenvalue weighted by Crippen LogP contribution is 2.10. The number of rotatable bonds is 4. The molecule has 0 aromatic carbocycles. The smallest absolute Gasteiger partial charge is 0.317 e. The minimum absolute atomic E-state index is 0.0100. The topological polar surface area (TPSA) is 78.9 Å². The van der Waals surface area contributed by atoms with E-state index < -0.39 is 11.9 Å². The molecule has 1 rings (SSSR count). The highest BCUT2D eigenvalue weighted by atomic mass is 16.5. The van der Waals surface area contributed by atoms with E-state index in [1.165, 1.54) is 0 Å². The van der Waals surface area contributed by atoms with Gasteiger partial charge in [0.05, 0.1) is 12.0 Å². The zero-order chi connectivity index (χ0) is 14.4. The lowest BCUT2D eigenvalue weighted by Gasteiger charge is -2.24. The maximum atomic E-state index is 12.0. The van der Waals surface area contributed by atoms with Gasteiger partial charge < -0.3 is 20.1 Å². The number of aliphatic carboxylic acids is 1. The fraction of sp³-hybridized carbons (Fsp3) is 0.846. The van der Waals surface area contributed by atoms with Crippen molar-refractivity contribution in [3.8, 4) is 0 Å². The van der Waals surface area contributed by atoms with E-state index in [4.69, 9.17) is 9.84 Å². The van der Waals surface area contributed by atoms with E-state index >= 15 is 0 Å². The van der Waals surface area contributed by atoms with Crippen molar-refractivity contribution in [1.82, 2.24) is 10.2 Å². The molecule has 2 atom stereocenters. The Balaban J connectivity index is 2.47. The highest BCUT2D eigenvalue weighted by Gasteiger charge is 2.24. The molecule has 1 saturated heterocycles. The normalized spacial score (nSPS) is 21.9. The Bertz CT molecular complexity index is 320. The quantitative estimate of drug-likeness (QED) is 0.805. The van der Waals surface area contributed by atoms with Gasteiger partial charge in [-0.2, -0.15) is 0 Å². The molecule has 6 nitrogen and oxygen atoms in total. The Labute approximate surface area is 114 Å². The van der Waals surface area contributed by atoms with E-state index in [0.29, 0.717) is 19.7 Å². The number of carbonyl (C=O) groups is 2. The molecule has 1 aliphatic heterocycles. The molecule has 0 aromatic heterocycles. The zero-order valence-corrected chi connectivity index (χ0v) is 11.9. The Morgan fingerprint density at radius 3 is 2.74 bits per heavy atom. The molecule has 1 heterocycles. The van der Waals surface area contributed by atoms with Crippen LogP contribution in [0, 0.1) is 11.8 Å². The molecule has 0 saturated carbocycles. The molecule has 2 unspecified atom stereocenters. The van der Waals surface area contributed by atoms with Gasteiger partial charge in [0.1, 0.15) is 0 Å². The lowest BCUT2D eigenvalue weighted by atomic mass is 9.96. The first-order valence-electron chi connectivity index (χ1n) is 6.79. The summed E-state index contributed by atoms with van der Waals surface area (Å²) in [7, 11) is 0. The van der Waals surface area contributed by atoms with Gasteiger partial charge in [-0.25, -0.2) is 4.79 Å². The molecule has 1 aliphatic rings. The van der Waals surface area contributed by atoms with Gasteiger partial charge in [-0.1, -0.05) is 13.8 Å². The molecule has 0 radical (unpaired) electrons. The summed E-state index contributed by atoms with van der Waals surface area (Å²) in [5, 5.41) is 11.8. The van der Waals surface area contributed by atoms with Crippen molar-refractivity contribution in [2.45, 2.75) is 33.3 Å². The average molecular weight is 272 g/mol.